The Bertz CT molecular complexity index is 380. The Hall–Kier alpha value is 0.00688. The van der Waals surface area contributed by atoms with Crippen LogP contribution >= 0.6 is 23.1 Å². The molecule has 0 aliphatic heterocycles. The van der Waals surface area contributed by atoms with E-state index in [1.165, 1.54) is 32.1 Å². The molecule has 1 heterocycles. The van der Waals surface area contributed by atoms with E-state index in [2.05, 4.69) is 10.2 Å². The molecule has 0 saturated heterocycles. The summed E-state index contributed by atoms with van der Waals surface area (Å²) in [6.45, 7) is 8.04. The normalized spacial score (nSPS) is 12.0. The molecule has 1 rings (SSSR count). The summed E-state index contributed by atoms with van der Waals surface area (Å²) >= 11 is 3.44. The average Bonchev–Trinajstić information content (AvgIpc) is 3.07. The summed E-state index contributed by atoms with van der Waals surface area (Å²) in [4.78, 5) is 0. The van der Waals surface area contributed by atoms with Crippen molar-refractivity contribution in [1.82, 2.24) is 10.2 Å². The topological polar surface area (TPSA) is 53.5 Å². The van der Waals surface area contributed by atoms with E-state index in [0.717, 1.165) is 22.6 Å². The Balaban J connectivity index is 2.05. The smallest absolute Gasteiger partial charge is 0.374 e. The van der Waals surface area contributed by atoms with Crippen LogP contribution in [0.15, 0.2) is 9.85 Å². The highest BCUT2D eigenvalue weighted by molar-refractivity contribution is 8.00. The van der Waals surface area contributed by atoms with Gasteiger partial charge in [0.2, 0.25) is 0 Å². The second-order valence-electron chi connectivity index (χ2n) is 5.41. The van der Waals surface area contributed by atoms with Crippen LogP contribution in [0.5, 0.6) is 0 Å². The van der Waals surface area contributed by atoms with Crippen molar-refractivity contribution in [3.63, 3.8) is 0 Å². The standard InChI is InChI=1S/C16H32N2O3S2Si/c1-4-19-24(20-5-2,21-6-3)14-12-10-8-7-9-11-13-22-16-18-17-15-23-16/h15H,4-14H2,1-3H3. The van der Waals surface area contributed by atoms with Crippen LogP contribution in [-0.2, 0) is 13.3 Å². The van der Waals surface area contributed by atoms with Gasteiger partial charge in [-0.15, -0.1) is 10.2 Å². The number of rotatable bonds is 16. The molecule has 0 spiro atoms. The zero-order valence-electron chi connectivity index (χ0n) is 15.3. The number of hydrogen-bond acceptors (Lipinski definition) is 7. The molecule has 8 heteroatoms. The first-order chi connectivity index (χ1) is 11.8. The first kappa shape index (κ1) is 22.0. The molecule has 5 nitrogen and oxygen atoms in total. The maximum atomic E-state index is 5.89. The van der Waals surface area contributed by atoms with E-state index in [9.17, 15) is 0 Å². The Morgan fingerprint density at radius 3 is 2.04 bits per heavy atom. The van der Waals surface area contributed by atoms with E-state index in [0.29, 0.717) is 19.8 Å². The number of nitrogens with zero attached hydrogens (tertiary/aromatic N) is 2. The maximum Gasteiger partial charge on any atom is 0.500 e. The summed E-state index contributed by atoms with van der Waals surface area (Å²) in [5.41, 5.74) is 1.79. The monoisotopic (exact) mass is 392 g/mol. The lowest BCUT2D eigenvalue weighted by Crippen LogP contribution is -2.45. The predicted molar refractivity (Wildman–Crippen MR) is 104 cm³/mol. The van der Waals surface area contributed by atoms with Crippen molar-refractivity contribution < 1.29 is 13.3 Å². The predicted octanol–water partition coefficient (Wildman–Crippen LogP) is 5.02. The minimum atomic E-state index is -2.42. The molecule has 0 radical (unpaired) electrons. The number of hydrogen-bond donors (Lipinski definition) is 0. The van der Waals surface area contributed by atoms with Gasteiger partial charge >= 0.3 is 8.80 Å². The Morgan fingerprint density at radius 1 is 0.917 bits per heavy atom. The molecule has 0 amide bonds. The summed E-state index contributed by atoms with van der Waals surface area (Å²) in [7, 11) is -2.42. The molecule has 1 aromatic heterocycles. The summed E-state index contributed by atoms with van der Waals surface area (Å²) < 4.78 is 18.7. The van der Waals surface area contributed by atoms with Crippen molar-refractivity contribution in [2.75, 3.05) is 25.6 Å². The maximum absolute atomic E-state index is 5.89. The number of thioether (sulfide) groups is 1. The average molecular weight is 393 g/mol. The van der Waals surface area contributed by atoms with Crippen molar-refractivity contribution in [2.45, 2.75) is 69.7 Å². The van der Waals surface area contributed by atoms with Crippen LogP contribution in [0.2, 0.25) is 6.04 Å². The van der Waals surface area contributed by atoms with E-state index >= 15 is 0 Å². The second kappa shape index (κ2) is 14.2. The fraction of sp³-hybridized carbons (Fsp3) is 0.875. The van der Waals surface area contributed by atoms with E-state index in [1.54, 1.807) is 16.8 Å². The third kappa shape index (κ3) is 9.48. The van der Waals surface area contributed by atoms with Crippen LogP contribution < -0.4 is 0 Å². The van der Waals surface area contributed by atoms with Crippen molar-refractivity contribution in [3.05, 3.63) is 5.51 Å². The van der Waals surface area contributed by atoms with Gasteiger partial charge in [-0.2, -0.15) is 0 Å². The van der Waals surface area contributed by atoms with Gasteiger partial charge in [0.25, 0.3) is 0 Å². The van der Waals surface area contributed by atoms with Crippen LogP contribution in [0.1, 0.15) is 59.3 Å². The molecule has 140 valence electrons. The Labute approximate surface area is 156 Å². The van der Waals surface area contributed by atoms with Crippen LogP contribution in [-0.4, -0.2) is 44.6 Å². The quantitative estimate of drug-likeness (QED) is 0.224. The fourth-order valence-electron chi connectivity index (χ4n) is 2.54. The minimum Gasteiger partial charge on any atom is -0.374 e. The van der Waals surface area contributed by atoms with Gasteiger partial charge in [-0.25, -0.2) is 0 Å². The molecular weight excluding hydrogens is 360 g/mol. The molecule has 1 aromatic rings. The van der Waals surface area contributed by atoms with Gasteiger partial charge in [0.1, 0.15) is 5.51 Å². The summed E-state index contributed by atoms with van der Waals surface area (Å²) in [5.74, 6) is 1.14. The van der Waals surface area contributed by atoms with Gasteiger partial charge < -0.3 is 13.3 Å². The highest BCUT2D eigenvalue weighted by atomic mass is 32.2. The zero-order chi connectivity index (χ0) is 17.5. The fourth-order valence-corrected chi connectivity index (χ4v) is 6.78. The van der Waals surface area contributed by atoms with Gasteiger partial charge in [-0.1, -0.05) is 48.8 Å². The lowest BCUT2D eigenvalue weighted by atomic mass is 10.1. The second-order valence-corrected chi connectivity index (χ2v) is 10.3. The van der Waals surface area contributed by atoms with Gasteiger partial charge in [0, 0.05) is 31.6 Å². The highest BCUT2D eigenvalue weighted by Crippen LogP contribution is 2.22. The van der Waals surface area contributed by atoms with Gasteiger partial charge in [-0.3, -0.25) is 0 Å². The van der Waals surface area contributed by atoms with Gasteiger partial charge in [0.05, 0.1) is 0 Å². The lowest BCUT2D eigenvalue weighted by molar-refractivity contribution is 0.0706. The van der Waals surface area contributed by atoms with Crippen molar-refractivity contribution in [1.29, 1.82) is 0 Å². The Morgan fingerprint density at radius 2 is 1.50 bits per heavy atom. The van der Waals surface area contributed by atoms with Crippen LogP contribution in [0, 0.1) is 0 Å². The summed E-state index contributed by atoms with van der Waals surface area (Å²) in [6, 6.07) is 0.940. The minimum absolute atomic E-state index is 0.665. The number of aromatic nitrogens is 2. The molecule has 0 fully saturated rings. The van der Waals surface area contributed by atoms with Crippen molar-refractivity contribution in [3.8, 4) is 0 Å². The molecule has 0 aliphatic carbocycles. The third-order valence-electron chi connectivity index (χ3n) is 3.54. The largest absolute Gasteiger partial charge is 0.500 e. The van der Waals surface area contributed by atoms with Crippen LogP contribution in [0.3, 0.4) is 0 Å². The highest BCUT2D eigenvalue weighted by Gasteiger charge is 2.39. The van der Waals surface area contributed by atoms with E-state index in [1.807, 2.05) is 32.5 Å². The first-order valence-electron chi connectivity index (χ1n) is 9.07. The van der Waals surface area contributed by atoms with E-state index in [4.69, 9.17) is 13.3 Å². The first-order valence-corrected chi connectivity index (χ1v) is 12.9. The van der Waals surface area contributed by atoms with E-state index < -0.39 is 8.80 Å². The molecule has 0 unspecified atom stereocenters. The lowest BCUT2D eigenvalue weighted by Gasteiger charge is -2.28. The molecule has 0 atom stereocenters. The SMILES string of the molecule is CCO[Si](CCCCCCCCSc1nncs1)(OCC)OCC. The van der Waals surface area contributed by atoms with Gasteiger partial charge in [-0.05, 0) is 33.6 Å². The Kier molecular flexibility index (Phi) is 13.1. The molecule has 24 heavy (non-hydrogen) atoms. The molecule has 0 aliphatic rings. The summed E-state index contributed by atoms with van der Waals surface area (Å²) in [5, 5.41) is 7.89. The molecule has 0 N–H and O–H groups in total. The van der Waals surface area contributed by atoms with E-state index in [-0.39, 0.29) is 0 Å². The molecular formula is C16H32N2O3S2Si. The third-order valence-corrected chi connectivity index (χ3v) is 8.63. The van der Waals surface area contributed by atoms with Crippen molar-refractivity contribution >= 4 is 31.9 Å². The van der Waals surface area contributed by atoms with Crippen LogP contribution in [0.4, 0.5) is 0 Å². The molecule has 0 saturated carbocycles. The van der Waals surface area contributed by atoms with Crippen molar-refractivity contribution in [2.24, 2.45) is 0 Å². The molecule has 0 aromatic carbocycles. The molecule has 0 bridgehead atoms. The number of unbranched alkanes of at least 4 members (excludes halogenated alkanes) is 5. The van der Waals surface area contributed by atoms with Crippen LogP contribution in [0.25, 0.3) is 0 Å². The summed E-state index contributed by atoms with van der Waals surface area (Å²) in [6.07, 6.45) is 7.47. The zero-order valence-corrected chi connectivity index (χ0v) is 17.9. The van der Waals surface area contributed by atoms with Gasteiger partial charge in [0.15, 0.2) is 4.34 Å².